The minimum Gasteiger partial charge on any atom is -0.491 e. The Bertz CT molecular complexity index is 1020. The molecular formula is C25H33NO5S. The number of benzene rings is 2. The normalized spacial score (nSPS) is 18.8. The van der Waals surface area contributed by atoms with Crippen molar-refractivity contribution in [2.24, 2.45) is 0 Å². The van der Waals surface area contributed by atoms with Gasteiger partial charge in [0.05, 0.1) is 11.5 Å². The van der Waals surface area contributed by atoms with E-state index in [2.05, 4.69) is 43.0 Å². The summed E-state index contributed by atoms with van der Waals surface area (Å²) >= 11 is 0. The quantitative estimate of drug-likeness (QED) is 0.548. The molecule has 1 saturated heterocycles. The highest BCUT2D eigenvalue weighted by molar-refractivity contribution is 7.91. The molecule has 2 unspecified atom stereocenters. The van der Waals surface area contributed by atoms with Gasteiger partial charge in [-0.2, -0.15) is 0 Å². The first-order valence-corrected chi connectivity index (χ1v) is 12.9. The van der Waals surface area contributed by atoms with Crippen molar-refractivity contribution < 1.29 is 23.1 Å². The van der Waals surface area contributed by atoms with E-state index in [1.165, 1.54) is 12.5 Å². The Morgan fingerprint density at radius 3 is 2.50 bits per heavy atom. The van der Waals surface area contributed by atoms with Crippen LogP contribution in [0.2, 0.25) is 0 Å². The molecule has 7 heteroatoms. The summed E-state index contributed by atoms with van der Waals surface area (Å²) in [6, 6.07) is 15.1. The van der Waals surface area contributed by atoms with Gasteiger partial charge in [-0.3, -0.25) is 9.69 Å². The van der Waals surface area contributed by atoms with Crippen LogP contribution >= 0.6 is 0 Å². The standard InChI is InChI=1S/C25H33NO5S/c1-18(2)21-9-7-20(8-10-21)14-26(23-11-12-32(29,30)17-23)15-24(28)16-31-25-6-4-5-22(13-25)19(3)27/h4-10,13,18,23-24,28H,11-12,14-17H2,1-3H3. The van der Waals surface area contributed by atoms with Gasteiger partial charge in [0.2, 0.25) is 0 Å². The number of ether oxygens (including phenoxy) is 1. The van der Waals surface area contributed by atoms with Gasteiger partial charge in [0.15, 0.2) is 15.6 Å². The number of nitrogens with zero attached hydrogens (tertiary/aromatic N) is 1. The van der Waals surface area contributed by atoms with E-state index in [0.717, 1.165) is 5.56 Å². The summed E-state index contributed by atoms with van der Waals surface area (Å²) in [6.45, 7) is 6.72. The molecule has 1 aliphatic rings. The third kappa shape index (κ3) is 6.89. The van der Waals surface area contributed by atoms with Crippen LogP contribution in [-0.2, 0) is 16.4 Å². The van der Waals surface area contributed by atoms with E-state index >= 15 is 0 Å². The Hall–Kier alpha value is -2.22. The molecule has 0 bridgehead atoms. The van der Waals surface area contributed by atoms with Crippen molar-refractivity contribution in [2.45, 2.75) is 51.8 Å². The monoisotopic (exact) mass is 459 g/mol. The number of hydrogen-bond donors (Lipinski definition) is 1. The lowest BCUT2D eigenvalue weighted by molar-refractivity contribution is 0.0524. The van der Waals surface area contributed by atoms with Crippen molar-refractivity contribution in [2.75, 3.05) is 24.7 Å². The number of carbonyl (C=O) groups is 1. The van der Waals surface area contributed by atoms with Gasteiger partial charge in [0.1, 0.15) is 18.5 Å². The van der Waals surface area contributed by atoms with Gasteiger partial charge in [-0.25, -0.2) is 8.42 Å². The second kappa shape index (κ2) is 10.6. The van der Waals surface area contributed by atoms with Crippen LogP contribution < -0.4 is 4.74 Å². The molecular weight excluding hydrogens is 426 g/mol. The summed E-state index contributed by atoms with van der Waals surface area (Å²) in [5.74, 6) is 1.22. The topological polar surface area (TPSA) is 83.9 Å². The predicted molar refractivity (Wildman–Crippen MR) is 126 cm³/mol. The summed E-state index contributed by atoms with van der Waals surface area (Å²) in [5.41, 5.74) is 2.89. The number of carbonyl (C=O) groups excluding carboxylic acids is 1. The van der Waals surface area contributed by atoms with Gasteiger partial charge in [-0.05, 0) is 42.5 Å². The van der Waals surface area contributed by atoms with E-state index < -0.39 is 15.9 Å². The number of hydrogen-bond acceptors (Lipinski definition) is 6. The molecule has 0 radical (unpaired) electrons. The third-order valence-electron chi connectivity index (χ3n) is 5.89. The summed E-state index contributed by atoms with van der Waals surface area (Å²) in [7, 11) is -3.04. The second-order valence-corrected chi connectivity index (χ2v) is 11.2. The molecule has 2 aromatic carbocycles. The van der Waals surface area contributed by atoms with E-state index in [1.54, 1.807) is 24.3 Å². The minimum atomic E-state index is -3.04. The van der Waals surface area contributed by atoms with Gasteiger partial charge < -0.3 is 9.84 Å². The molecule has 2 aromatic rings. The van der Waals surface area contributed by atoms with Crippen LogP contribution in [0.1, 0.15) is 54.6 Å². The first kappa shape index (κ1) is 24.4. The fourth-order valence-corrected chi connectivity index (χ4v) is 5.73. The summed E-state index contributed by atoms with van der Waals surface area (Å²) in [6.07, 6.45) is -0.227. The van der Waals surface area contributed by atoms with Gasteiger partial charge >= 0.3 is 0 Å². The Morgan fingerprint density at radius 2 is 1.91 bits per heavy atom. The maximum atomic E-state index is 12.1. The van der Waals surface area contributed by atoms with Crippen LogP contribution in [0.3, 0.4) is 0 Å². The molecule has 1 N–H and O–H groups in total. The van der Waals surface area contributed by atoms with Crippen LogP contribution in [0.5, 0.6) is 5.75 Å². The summed E-state index contributed by atoms with van der Waals surface area (Å²) in [4.78, 5) is 13.6. The molecule has 3 rings (SSSR count). The summed E-state index contributed by atoms with van der Waals surface area (Å²) < 4.78 is 29.8. The molecule has 0 amide bonds. The van der Waals surface area contributed by atoms with Crippen LogP contribution in [0.15, 0.2) is 48.5 Å². The molecule has 1 heterocycles. The molecule has 0 aliphatic carbocycles. The van der Waals surface area contributed by atoms with Crippen molar-refractivity contribution in [3.05, 3.63) is 65.2 Å². The lowest BCUT2D eigenvalue weighted by Crippen LogP contribution is -2.42. The van der Waals surface area contributed by atoms with Crippen LogP contribution in [-0.4, -0.2) is 61.0 Å². The molecule has 174 valence electrons. The Balaban J connectivity index is 1.66. The van der Waals surface area contributed by atoms with E-state index in [4.69, 9.17) is 4.74 Å². The molecule has 0 aromatic heterocycles. The smallest absolute Gasteiger partial charge is 0.159 e. The predicted octanol–water partition coefficient (Wildman–Crippen LogP) is 3.44. The maximum absolute atomic E-state index is 12.1. The van der Waals surface area contributed by atoms with Gasteiger partial charge in [-0.15, -0.1) is 0 Å². The molecule has 1 fully saturated rings. The fourth-order valence-electron chi connectivity index (χ4n) is 3.97. The molecule has 6 nitrogen and oxygen atoms in total. The van der Waals surface area contributed by atoms with E-state index in [1.807, 2.05) is 0 Å². The average Bonchev–Trinajstić information content (AvgIpc) is 3.12. The first-order valence-electron chi connectivity index (χ1n) is 11.1. The van der Waals surface area contributed by atoms with Gasteiger partial charge in [-0.1, -0.05) is 50.2 Å². The first-order chi connectivity index (χ1) is 15.1. The number of aliphatic hydroxyl groups excluding tert-OH is 1. The molecule has 0 spiro atoms. The summed E-state index contributed by atoms with van der Waals surface area (Å²) in [5, 5.41) is 10.7. The Kier molecular flexibility index (Phi) is 8.09. The van der Waals surface area contributed by atoms with E-state index in [9.17, 15) is 18.3 Å². The number of ketones is 1. The van der Waals surface area contributed by atoms with E-state index in [-0.39, 0.29) is 29.9 Å². The number of sulfone groups is 1. The van der Waals surface area contributed by atoms with Crippen LogP contribution in [0.25, 0.3) is 0 Å². The SMILES string of the molecule is CC(=O)c1cccc(OCC(O)CN(Cc2ccc(C(C)C)cc2)C2CCS(=O)(=O)C2)c1. The lowest BCUT2D eigenvalue weighted by atomic mass is 10.0. The van der Waals surface area contributed by atoms with Crippen molar-refractivity contribution in [3.63, 3.8) is 0 Å². The largest absolute Gasteiger partial charge is 0.491 e. The van der Waals surface area contributed by atoms with Crippen molar-refractivity contribution in [1.29, 1.82) is 0 Å². The van der Waals surface area contributed by atoms with Crippen molar-refractivity contribution >= 4 is 15.6 Å². The highest BCUT2D eigenvalue weighted by atomic mass is 32.2. The van der Waals surface area contributed by atoms with Crippen molar-refractivity contribution in [1.82, 2.24) is 4.90 Å². The van der Waals surface area contributed by atoms with E-state index in [0.29, 0.717) is 36.7 Å². The number of rotatable bonds is 10. The lowest BCUT2D eigenvalue weighted by Gasteiger charge is -2.30. The highest BCUT2D eigenvalue weighted by Crippen LogP contribution is 2.22. The Labute approximate surface area is 191 Å². The zero-order chi connectivity index (χ0) is 23.3. The number of Topliss-reactive ketones (excluding diaryl/α,β-unsaturated/α-hetero) is 1. The van der Waals surface area contributed by atoms with Crippen LogP contribution in [0.4, 0.5) is 0 Å². The zero-order valence-electron chi connectivity index (χ0n) is 19.0. The molecule has 1 aliphatic heterocycles. The van der Waals surface area contributed by atoms with Crippen LogP contribution in [0, 0.1) is 0 Å². The Morgan fingerprint density at radius 1 is 1.19 bits per heavy atom. The minimum absolute atomic E-state index is 0.0481. The maximum Gasteiger partial charge on any atom is 0.159 e. The molecule has 32 heavy (non-hydrogen) atoms. The average molecular weight is 460 g/mol. The molecule has 2 atom stereocenters. The molecule has 0 saturated carbocycles. The number of aliphatic hydroxyl groups is 1. The van der Waals surface area contributed by atoms with Gasteiger partial charge in [0, 0.05) is 24.7 Å². The highest BCUT2D eigenvalue weighted by Gasteiger charge is 2.33. The van der Waals surface area contributed by atoms with Crippen molar-refractivity contribution in [3.8, 4) is 5.75 Å². The fraction of sp³-hybridized carbons (Fsp3) is 0.480. The second-order valence-electron chi connectivity index (χ2n) is 8.93. The van der Waals surface area contributed by atoms with Gasteiger partial charge in [0.25, 0.3) is 0 Å². The third-order valence-corrected chi connectivity index (χ3v) is 7.64. The zero-order valence-corrected chi connectivity index (χ0v) is 19.8.